The highest BCUT2D eigenvalue weighted by atomic mass is 79.9. The molecular weight excluding hydrogens is 448 g/mol. The number of hydrogen-bond donors (Lipinski definition) is 2. The van der Waals surface area contributed by atoms with Crippen LogP contribution in [0.3, 0.4) is 0 Å². The summed E-state index contributed by atoms with van der Waals surface area (Å²) in [5.41, 5.74) is 4.47. The number of amides is 1. The second-order valence-corrected chi connectivity index (χ2v) is 7.19. The van der Waals surface area contributed by atoms with E-state index in [1.165, 1.54) is 12.3 Å². The number of phenols is 1. The van der Waals surface area contributed by atoms with E-state index in [4.69, 9.17) is 9.47 Å². The van der Waals surface area contributed by atoms with Gasteiger partial charge in [0.1, 0.15) is 12.4 Å². The number of nitrogens with one attached hydrogen (secondary N) is 1. The number of hydrogen-bond acceptors (Lipinski definition) is 5. The van der Waals surface area contributed by atoms with Crippen molar-refractivity contribution < 1.29 is 19.4 Å². The molecule has 6 nitrogen and oxygen atoms in total. The van der Waals surface area contributed by atoms with Crippen LogP contribution in [0.25, 0.3) is 0 Å². The number of phenolic OH excluding ortho intramolecular Hbond substituents is 1. The number of carbonyl (C=O) groups is 1. The van der Waals surface area contributed by atoms with Gasteiger partial charge in [0.25, 0.3) is 5.91 Å². The molecule has 0 saturated heterocycles. The molecule has 0 bridgehead atoms. The molecule has 0 radical (unpaired) electrons. The Morgan fingerprint density at radius 2 is 1.83 bits per heavy atom. The minimum atomic E-state index is -0.396. The number of para-hydroxylation sites is 1. The van der Waals surface area contributed by atoms with Gasteiger partial charge < -0.3 is 14.6 Å². The third-order valence-corrected chi connectivity index (χ3v) is 4.63. The first-order valence-electron chi connectivity index (χ1n) is 9.32. The summed E-state index contributed by atoms with van der Waals surface area (Å²) >= 11 is 3.40. The molecule has 3 aromatic carbocycles. The van der Waals surface area contributed by atoms with Crippen molar-refractivity contribution in [3.63, 3.8) is 0 Å². The summed E-state index contributed by atoms with van der Waals surface area (Å²) in [6.45, 7) is 2.64. The van der Waals surface area contributed by atoms with Crippen molar-refractivity contribution >= 4 is 28.1 Å². The van der Waals surface area contributed by atoms with E-state index in [9.17, 15) is 9.90 Å². The number of benzene rings is 3. The van der Waals surface area contributed by atoms with Crippen molar-refractivity contribution in [3.8, 4) is 17.2 Å². The Hall–Kier alpha value is -3.32. The molecule has 154 valence electrons. The molecule has 2 N–H and O–H groups in total. The Morgan fingerprint density at radius 3 is 2.57 bits per heavy atom. The molecule has 0 unspecified atom stereocenters. The van der Waals surface area contributed by atoms with Crippen molar-refractivity contribution in [1.82, 2.24) is 5.43 Å². The summed E-state index contributed by atoms with van der Waals surface area (Å²) in [7, 11) is 0. The van der Waals surface area contributed by atoms with Gasteiger partial charge in [-0.1, -0.05) is 40.2 Å². The zero-order valence-corrected chi connectivity index (χ0v) is 17.9. The molecule has 0 aliphatic carbocycles. The summed E-state index contributed by atoms with van der Waals surface area (Å²) < 4.78 is 12.1. The minimum Gasteiger partial charge on any atom is -0.504 e. The quantitative estimate of drug-likeness (QED) is 0.364. The largest absolute Gasteiger partial charge is 0.504 e. The second-order valence-electron chi connectivity index (χ2n) is 6.27. The monoisotopic (exact) mass is 468 g/mol. The van der Waals surface area contributed by atoms with Crippen LogP contribution in [0.5, 0.6) is 17.2 Å². The number of nitrogens with zero attached hydrogens (tertiary/aromatic N) is 1. The summed E-state index contributed by atoms with van der Waals surface area (Å²) in [6.07, 6.45) is 1.44. The molecule has 0 aliphatic rings. The van der Waals surface area contributed by atoms with Crippen molar-refractivity contribution in [1.29, 1.82) is 0 Å². The fraction of sp³-hybridized carbons (Fsp3) is 0.130. The van der Waals surface area contributed by atoms with Crippen molar-refractivity contribution in [3.05, 3.63) is 87.9 Å². The SMILES string of the molecule is CCOc1ccc(/C=N/NC(=O)c2ccccc2OCc2ccc(Br)cc2)cc1O. The fourth-order valence-electron chi connectivity index (χ4n) is 2.64. The lowest BCUT2D eigenvalue weighted by molar-refractivity contribution is 0.0950. The zero-order chi connectivity index (χ0) is 21.3. The van der Waals surface area contributed by atoms with Gasteiger partial charge in [-0.3, -0.25) is 4.79 Å². The van der Waals surface area contributed by atoms with Gasteiger partial charge in [-0.05, 0) is 60.5 Å². The highest BCUT2D eigenvalue weighted by Gasteiger charge is 2.11. The third-order valence-electron chi connectivity index (χ3n) is 4.10. The van der Waals surface area contributed by atoms with E-state index < -0.39 is 5.91 Å². The van der Waals surface area contributed by atoms with E-state index in [-0.39, 0.29) is 5.75 Å². The normalized spacial score (nSPS) is 10.7. The Labute approximate surface area is 183 Å². The summed E-state index contributed by atoms with van der Waals surface area (Å²) in [5, 5.41) is 13.9. The molecular formula is C23H21BrN2O4. The highest BCUT2D eigenvalue weighted by molar-refractivity contribution is 9.10. The predicted octanol–water partition coefficient (Wildman–Crippen LogP) is 4.90. The smallest absolute Gasteiger partial charge is 0.275 e. The number of ether oxygens (including phenoxy) is 2. The van der Waals surface area contributed by atoms with Crippen LogP contribution in [0, 0.1) is 0 Å². The van der Waals surface area contributed by atoms with E-state index in [2.05, 4.69) is 26.5 Å². The van der Waals surface area contributed by atoms with E-state index in [0.29, 0.717) is 35.8 Å². The molecule has 0 aliphatic heterocycles. The van der Waals surface area contributed by atoms with Gasteiger partial charge in [-0.25, -0.2) is 5.43 Å². The van der Waals surface area contributed by atoms with Crippen molar-refractivity contribution in [2.75, 3.05) is 6.61 Å². The van der Waals surface area contributed by atoms with Crippen LogP contribution in [0.15, 0.2) is 76.3 Å². The van der Waals surface area contributed by atoms with Crippen LogP contribution in [0.2, 0.25) is 0 Å². The molecule has 0 aromatic heterocycles. The predicted molar refractivity (Wildman–Crippen MR) is 119 cm³/mol. The van der Waals surface area contributed by atoms with Gasteiger partial charge >= 0.3 is 0 Å². The first kappa shape index (κ1) is 21.4. The Morgan fingerprint density at radius 1 is 1.07 bits per heavy atom. The fourth-order valence-corrected chi connectivity index (χ4v) is 2.90. The molecule has 7 heteroatoms. The Kier molecular flexibility index (Phi) is 7.45. The van der Waals surface area contributed by atoms with Gasteiger partial charge in [0.15, 0.2) is 11.5 Å². The van der Waals surface area contributed by atoms with Gasteiger partial charge in [0.05, 0.1) is 18.4 Å². The van der Waals surface area contributed by atoms with Gasteiger partial charge in [-0.15, -0.1) is 0 Å². The number of halogens is 1. The summed E-state index contributed by atoms with van der Waals surface area (Å²) in [6, 6.07) is 19.6. The lowest BCUT2D eigenvalue weighted by Gasteiger charge is -2.10. The van der Waals surface area contributed by atoms with Crippen LogP contribution in [-0.4, -0.2) is 23.8 Å². The van der Waals surface area contributed by atoms with Crippen molar-refractivity contribution in [2.24, 2.45) is 5.10 Å². The van der Waals surface area contributed by atoms with E-state index >= 15 is 0 Å². The molecule has 0 saturated carbocycles. The van der Waals surface area contributed by atoms with Gasteiger partial charge in [0, 0.05) is 4.47 Å². The average Bonchev–Trinajstić information content (AvgIpc) is 2.75. The van der Waals surface area contributed by atoms with Crippen LogP contribution in [-0.2, 0) is 6.61 Å². The molecule has 3 aromatic rings. The number of hydrazone groups is 1. The maximum atomic E-state index is 12.5. The lowest BCUT2D eigenvalue weighted by Crippen LogP contribution is -2.18. The summed E-state index contributed by atoms with van der Waals surface area (Å²) in [5.74, 6) is 0.481. The lowest BCUT2D eigenvalue weighted by atomic mass is 10.2. The number of rotatable bonds is 8. The molecule has 0 heterocycles. The Balaban J connectivity index is 1.63. The standard InChI is InChI=1S/C23H21BrN2O4/c1-2-29-22-12-9-17(13-20(22)27)14-25-26-23(28)19-5-3-4-6-21(19)30-15-16-7-10-18(24)11-8-16/h3-14,27H,2,15H2,1H3,(H,26,28)/b25-14+. The molecule has 30 heavy (non-hydrogen) atoms. The van der Waals surface area contributed by atoms with Crippen LogP contribution in [0.1, 0.15) is 28.4 Å². The maximum absolute atomic E-state index is 12.5. The number of aromatic hydroxyl groups is 1. The van der Waals surface area contributed by atoms with Gasteiger partial charge in [0.2, 0.25) is 0 Å². The van der Waals surface area contributed by atoms with E-state index in [0.717, 1.165) is 10.0 Å². The van der Waals surface area contributed by atoms with Crippen molar-refractivity contribution in [2.45, 2.75) is 13.5 Å². The average molecular weight is 469 g/mol. The minimum absolute atomic E-state index is 0.0128. The highest BCUT2D eigenvalue weighted by Crippen LogP contribution is 2.26. The first-order chi connectivity index (χ1) is 14.6. The van der Waals surface area contributed by atoms with Crippen LogP contribution >= 0.6 is 15.9 Å². The Bertz CT molecular complexity index is 1040. The summed E-state index contributed by atoms with van der Waals surface area (Å²) in [4.78, 5) is 12.5. The molecule has 1 amide bonds. The van der Waals surface area contributed by atoms with E-state index in [1.807, 2.05) is 31.2 Å². The third kappa shape index (κ3) is 5.84. The maximum Gasteiger partial charge on any atom is 0.275 e. The zero-order valence-electron chi connectivity index (χ0n) is 16.3. The molecule has 0 spiro atoms. The molecule has 0 atom stereocenters. The molecule has 3 rings (SSSR count). The van der Waals surface area contributed by atoms with Crippen LogP contribution < -0.4 is 14.9 Å². The van der Waals surface area contributed by atoms with Gasteiger partial charge in [-0.2, -0.15) is 5.10 Å². The van der Waals surface area contributed by atoms with E-state index in [1.54, 1.807) is 36.4 Å². The molecule has 0 fully saturated rings. The first-order valence-corrected chi connectivity index (χ1v) is 10.1. The second kappa shape index (κ2) is 10.5. The van der Waals surface area contributed by atoms with Crippen LogP contribution in [0.4, 0.5) is 0 Å². The number of carbonyl (C=O) groups excluding carboxylic acids is 1. The topological polar surface area (TPSA) is 80.2 Å².